The van der Waals surface area contributed by atoms with E-state index in [1.54, 1.807) is 13.8 Å². The molecule has 1 atom stereocenters. The van der Waals surface area contributed by atoms with E-state index < -0.39 is 20.7 Å². The van der Waals surface area contributed by atoms with Gasteiger partial charge in [0.1, 0.15) is 0 Å². The first-order chi connectivity index (χ1) is 9.61. The maximum atomic E-state index is 12.3. The van der Waals surface area contributed by atoms with Crippen LogP contribution in [-0.4, -0.2) is 42.7 Å². The molecule has 1 saturated carbocycles. The maximum Gasteiger partial charge on any atom is 0.308 e. The monoisotopic (exact) mass is 320 g/mol. The largest absolute Gasteiger partial charge is 0.466 e. The van der Waals surface area contributed by atoms with Crippen molar-refractivity contribution in [3.63, 3.8) is 0 Å². The lowest BCUT2D eigenvalue weighted by atomic mass is 9.80. The van der Waals surface area contributed by atoms with Crippen molar-refractivity contribution in [2.45, 2.75) is 64.2 Å². The van der Waals surface area contributed by atoms with Crippen molar-refractivity contribution in [2.24, 2.45) is 11.8 Å². The topological polar surface area (TPSA) is 80.7 Å². The van der Waals surface area contributed by atoms with Gasteiger partial charge in [0.15, 0.2) is 9.84 Å². The molecule has 0 aromatic heterocycles. The van der Waals surface area contributed by atoms with Crippen LogP contribution in [0.2, 0.25) is 0 Å². The van der Waals surface area contributed by atoms with E-state index in [1.165, 1.54) is 0 Å². The first-order valence-corrected chi connectivity index (χ1v) is 9.43. The molecule has 1 aliphatic carbocycles. The van der Waals surface area contributed by atoms with Gasteiger partial charge in [0, 0.05) is 0 Å². The average Bonchev–Trinajstić information content (AvgIpc) is 2.37. The summed E-state index contributed by atoms with van der Waals surface area (Å²) in [6.07, 6.45) is 1.64. The number of hydrogen-bond acceptors (Lipinski definition) is 5. The summed E-state index contributed by atoms with van der Waals surface area (Å²) in [5.41, 5.74) is -1.20. The van der Waals surface area contributed by atoms with Crippen molar-refractivity contribution in [2.75, 3.05) is 12.4 Å². The van der Waals surface area contributed by atoms with Crippen LogP contribution in [-0.2, 0) is 19.4 Å². The predicted octanol–water partition coefficient (Wildman–Crippen LogP) is 1.93. The summed E-state index contributed by atoms with van der Waals surface area (Å²) < 4.78 is 29.6. The molecule has 0 radical (unpaired) electrons. The Morgan fingerprint density at radius 3 is 2.24 bits per heavy atom. The minimum Gasteiger partial charge on any atom is -0.466 e. The van der Waals surface area contributed by atoms with Crippen LogP contribution in [0.4, 0.5) is 0 Å². The fourth-order valence-corrected chi connectivity index (χ4v) is 4.85. The number of carbonyl (C=O) groups excluding carboxylic acids is 1. The number of hydrogen-bond donors (Lipinski definition) is 1. The molecule has 0 spiro atoms. The second-order valence-electron chi connectivity index (χ2n) is 6.51. The van der Waals surface area contributed by atoms with Crippen LogP contribution < -0.4 is 0 Å². The van der Waals surface area contributed by atoms with Gasteiger partial charge in [-0.1, -0.05) is 13.8 Å². The predicted molar refractivity (Wildman–Crippen MR) is 81.6 cm³/mol. The fraction of sp³-hybridized carbons (Fsp3) is 0.933. The second kappa shape index (κ2) is 7.09. The molecule has 0 bridgehead atoms. The van der Waals surface area contributed by atoms with E-state index in [-0.39, 0.29) is 23.6 Å². The standard InChI is InChI=1S/C15H28O5S/c1-5-20-14(16)13-6-8-15(17,9-7-13)10-21(18,19)12(4)11(2)3/h11-13,17H,5-10H2,1-4H3. The summed E-state index contributed by atoms with van der Waals surface area (Å²) in [4.78, 5) is 11.7. The van der Waals surface area contributed by atoms with Crippen molar-refractivity contribution in [1.29, 1.82) is 0 Å². The molecule has 0 saturated heterocycles. The van der Waals surface area contributed by atoms with E-state index >= 15 is 0 Å². The van der Waals surface area contributed by atoms with E-state index in [4.69, 9.17) is 4.74 Å². The van der Waals surface area contributed by atoms with Crippen molar-refractivity contribution in [1.82, 2.24) is 0 Å². The molecule has 1 N–H and O–H groups in total. The Bertz CT molecular complexity index is 447. The molecular formula is C15H28O5S. The Morgan fingerprint density at radius 2 is 1.81 bits per heavy atom. The molecule has 1 rings (SSSR count). The van der Waals surface area contributed by atoms with Gasteiger partial charge in [-0.2, -0.15) is 0 Å². The third-order valence-electron chi connectivity index (χ3n) is 4.51. The third-order valence-corrected chi connectivity index (χ3v) is 7.13. The van der Waals surface area contributed by atoms with Crippen LogP contribution >= 0.6 is 0 Å². The minimum atomic E-state index is -3.33. The zero-order valence-corrected chi connectivity index (χ0v) is 14.3. The van der Waals surface area contributed by atoms with Gasteiger partial charge in [0.2, 0.25) is 0 Å². The smallest absolute Gasteiger partial charge is 0.308 e. The lowest BCUT2D eigenvalue weighted by molar-refractivity contribution is -0.150. The van der Waals surface area contributed by atoms with E-state index in [0.717, 1.165) is 0 Å². The van der Waals surface area contributed by atoms with Gasteiger partial charge in [-0.25, -0.2) is 8.42 Å². The maximum absolute atomic E-state index is 12.3. The van der Waals surface area contributed by atoms with Crippen molar-refractivity contribution >= 4 is 15.8 Å². The van der Waals surface area contributed by atoms with Gasteiger partial charge in [-0.05, 0) is 45.4 Å². The van der Waals surface area contributed by atoms with Crippen molar-refractivity contribution in [3.05, 3.63) is 0 Å². The summed E-state index contributed by atoms with van der Waals surface area (Å²) in [6, 6.07) is 0. The molecule has 0 aromatic rings. The molecule has 6 heteroatoms. The fourth-order valence-electron chi connectivity index (χ4n) is 2.72. The van der Waals surface area contributed by atoms with E-state index in [0.29, 0.717) is 32.3 Å². The third kappa shape index (κ3) is 4.95. The number of aliphatic hydroxyl groups is 1. The Balaban J connectivity index is 2.64. The highest BCUT2D eigenvalue weighted by atomic mass is 32.2. The van der Waals surface area contributed by atoms with Crippen LogP contribution in [0.1, 0.15) is 53.4 Å². The molecule has 5 nitrogen and oxygen atoms in total. The van der Waals surface area contributed by atoms with Crippen LogP contribution in [0.3, 0.4) is 0 Å². The minimum absolute atomic E-state index is 0.0227. The summed E-state index contributed by atoms with van der Waals surface area (Å²) in [5, 5.41) is 10.1. The van der Waals surface area contributed by atoms with E-state index in [9.17, 15) is 18.3 Å². The van der Waals surface area contributed by atoms with Crippen LogP contribution in [0.25, 0.3) is 0 Å². The molecule has 21 heavy (non-hydrogen) atoms. The Hall–Kier alpha value is -0.620. The number of carbonyl (C=O) groups is 1. The molecule has 124 valence electrons. The average molecular weight is 320 g/mol. The molecule has 0 aliphatic heterocycles. The summed E-state index contributed by atoms with van der Waals surface area (Å²) in [6.45, 7) is 7.53. The van der Waals surface area contributed by atoms with Gasteiger partial charge in [0.25, 0.3) is 0 Å². The van der Waals surface area contributed by atoms with Gasteiger partial charge in [-0.15, -0.1) is 0 Å². The van der Waals surface area contributed by atoms with Gasteiger partial charge in [0.05, 0.1) is 29.1 Å². The van der Waals surface area contributed by atoms with Gasteiger partial charge in [-0.3, -0.25) is 4.79 Å². The summed E-state index contributed by atoms with van der Waals surface area (Å²) >= 11 is 0. The van der Waals surface area contributed by atoms with Gasteiger partial charge >= 0.3 is 5.97 Å². The highest BCUT2D eigenvalue weighted by molar-refractivity contribution is 7.92. The van der Waals surface area contributed by atoms with Gasteiger partial charge < -0.3 is 9.84 Å². The Morgan fingerprint density at radius 1 is 1.29 bits per heavy atom. The van der Waals surface area contributed by atoms with Crippen LogP contribution in [0, 0.1) is 11.8 Å². The highest BCUT2D eigenvalue weighted by Crippen LogP contribution is 2.34. The lowest BCUT2D eigenvalue weighted by Crippen LogP contribution is -2.44. The van der Waals surface area contributed by atoms with Crippen LogP contribution in [0.5, 0.6) is 0 Å². The first-order valence-electron chi connectivity index (χ1n) is 7.72. The number of sulfone groups is 1. The molecule has 0 heterocycles. The zero-order valence-electron chi connectivity index (χ0n) is 13.5. The normalized spacial score (nSPS) is 28.4. The summed E-state index contributed by atoms with van der Waals surface area (Å²) in [7, 11) is -3.33. The molecule has 1 aliphatic rings. The van der Waals surface area contributed by atoms with E-state index in [2.05, 4.69) is 0 Å². The molecule has 0 aromatic carbocycles. The molecular weight excluding hydrogens is 292 g/mol. The quantitative estimate of drug-likeness (QED) is 0.756. The Labute approximate surface area is 128 Å². The van der Waals surface area contributed by atoms with Crippen LogP contribution in [0.15, 0.2) is 0 Å². The van der Waals surface area contributed by atoms with Crippen molar-refractivity contribution in [3.8, 4) is 0 Å². The van der Waals surface area contributed by atoms with E-state index in [1.807, 2.05) is 13.8 Å². The molecule has 0 amide bonds. The number of ether oxygens (including phenoxy) is 1. The SMILES string of the molecule is CCOC(=O)C1CCC(O)(CS(=O)(=O)C(C)C(C)C)CC1. The number of esters is 1. The molecule has 1 unspecified atom stereocenters. The highest BCUT2D eigenvalue weighted by Gasteiger charge is 2.41. The first kappa shape index (κ1) is 18.4. The number of rotatable bonds is 6. The molecule has 1 fully saturated rings. The van der Waals surface area contributed by atoms with Crippen molar-refractivity contribution < 1.29 is 23.1 Å². The summed E-state index contributed by atoms with van der Waals surface area (Å²) in [5.74, 6) is -0.641. The lowest BCUT2D eigenvalue weighted by Gasteiger charge is -2.35. The zero-order chi connectivity index (χ0) is 16.3. The Kier molecular flexibility index (Phi) is 6.23. The second-order valence-corrected chi connectivity index (χ2v) is 8.86.